The van der Waals surface area contributed by atoms with Crippen LogP contribution < -0.4 is 11.5 Å². The van der Waals surface area contributed by atoms with Gasteiger partial charge < -0.3 is 11.5 Å². The van der Waals surface area contributed by atoms with Crippen molar-refractivity contribution in [2.24, 2.45) is 11.5 Å². The smallest absolute Gasteiger partial charge is 0.0772 e. The minimum atomic E-state index is -0.617. The van der Waals surface area contributed by atoms with Gasteiger partial charge in [0.15, 0.2) is 0 Å². The number of hydrogen-bond donors (Lipinski definition) is 2. The van der Waals surface area contributed by atoms with Crippen molar-refractivity contribution in [3.05, 3.63) is 34.4 Å². The molecule has 0 aromatic heterocycles. The van der Waals surface area contributed by atoms with Gasteiger partial charge in [0.1, 0.15) is 0 Å². The number of aryl methyl sites for hydroxylation is 2. The van der Waals surface area contributed by atoms with E-state index in [1.165, 1.54) is 22.3 Å². The van der Waals surface area contributed by atoms with E-state index in [2.05, 4.69) is 39.8 Å². The van der Waals surface area contributed by atoms with Gasteiger partial charge in [-0.05, 0) is 30.5 Å². The largest absolute Gasteiger partial charge is 0.312 e. The van der Waals surface area contributed by atoms with Crippen LogP contribution in [0.1, 0.15) is 36.1 Å². The van der Waals surface area contributed by atoms with Gasteiger partial charge >= 0.3 is 0 Å². The van der Waals surface area contributed by atoms with Crippen LogP contribution in [0, 0.1) is 13.8 Å². The van der Waals surface area contributed by atoms with Crippen molar-refractivity contribution in [3.63, 3.8) is 0 Å². The molecule has 1 aliphatic carbocycles. The van der Waals surface area contributed by atoms with Crippen LogP contribution in [0.3, 0.4) is 0 Å². The molecule has 0 radical (unpaired) electrons. The zero-order valence-electron chi connectivity index (χ0n) is 10.0. The van der Waals surface area contributed by atoms with Crippen LogP contribution in [0.25, 0.3) is 0 Å². The van der Waals surface area contributed by atoms with Crippen LogP contribution in [0.4, 0.5) is 0 Å². The summed E-state index contributed by atoms with van der Waals surface area (Å²) in [5.74, 6) is 0. The molecule has 1 aliphatic rings. The second-order valence-corrected chi connectivity index (χ2v) is 5.46. The highest BCUT2D eigenvalue weighted by Crippen LogP contribution is 2.43. The second-order valence-electron chi connectivity index (χ2n) is 5.46. The average molecular weight is 204 g/mol. The Kier molecular flexibility index (Phi) is 2.01. The van der Waals surface area contributed by atoms with Gasteiger partial charge in [-0.3, -0.25) is 0 Å². The molecule has 4 N–H and O–H groups in total. The monoisotopic (exact) mass is 204 g/mol. The molecule has 0 fully saturated rings. The molecule has 15 heavy (non-hydrogen) atoms. The Morgan fingerprint density at radius 3 is 2.33 bits per heavy atom. The summed E-state index contributed by atoms with van der Waals surface area (Å²) in [6.45, 7) is 8.55. The van der Waals surface area contributed by atoms with Crippen molar-refractivity contribution < 1.29 is 0 Å². The molecule has 1 aromatic carbocycles. The SMILES string of the molecule is Cc1cc(C)c2c(c1)CC(N)(N)C2(C)C. The van der Waals surface area contributed by atoms with Crippen molar-refractivity contribution in [2.75, 3.05) is 0 Å². The van der Waals surface area contributed by atoms with Crippen LogP contribution >= 0.6 is 0 Å². The Balaban J connectivity index is 2.70. The maximum atomic E-state index is 6.20. The highest BCUT2D eigenvalue weighted by molar-refractivity contribution is 5.50. The summed E-state index contributed by atoms with van der Waals surface area (Å²) < 4.78 is 0. The van der Waals surface area contributed by atoms with Gasteiger partial charge in [0, 0.05) is 11.8 Å². The molecule has 0 unspecified atom stereocenters. The van der Waals surface area contributed by atoms with Crippen molar-refractivity contribution in [3.8, 4) is 0 Å². The lowest BCUT2D eigenvalue weighted by Gasteiger charge is -2.35. The van der Waals surface area contributed by atoms with E-state index in [0.29, 0.717) is 0 Å². The van der Waals surface area contributed by atoms with Crippen LogP contribution in [0.5, 0.6) is 0 Å². The van der Waals surface area contributed by atoms with Crippen LogP contribution in [0.15, 0.2) is 12.1 Å². The maximum absolute atomic E-state index is 6.20. The van der Waals surface area contributed by atoms with Gasteiger partial charge in [-0.2, -0.15) is 0 Å². The molecule has 2 heteroatoms. The standard InChI is InChI=1S/C13H20N2/c1-8-5-9(2)11-10(6-8)7-13(14,15)12(11,3)4/h5-6H,7,14-15H2,1-4H3. The Labute approximate surface area is 91.7 Å². The molecule has 82 valence electrons. The minimum absolute atomic E-state index is 0.139. The first kappa shape index (κ1) is 10.7. The van der Waals surface area contributed by atoms with Gasteiger partial charge in [-0.1, -0.05) is 31.5 Å². The molecule has 0 spiro atoms. The molecule has 0 atom stereocenters. The molecule has 2 rings (SSSR count). The van der Waals surface area contributed by atoms with Gasteiger partial charge in [0.05, 0.1) is 5.66 Å². The lowest BCUT2D eigenvalue weighted by molar-refractivity contribution is 0.291. The first-order valence-electron chi connectivity index (χ1n) is 5.44. The van der Waals surface area contributed by atoms with Crippen molar-refractivity contribution in [2.45, 2.75) is 45.2 Å². The third-order valence-electron chi connectivity index (χ3n) is 3.83. The summed E-state index contributed by atoms with van der Waals surface area (Å²) in [5.41, 5.74) is 16.9. The average Bonchev–Trinajstić information content (AvgIpc) is 2.15. The normalized spacial score (nSPS) is 21.5. The molecule has 0 saturated heterocycles. The third-order valence-corrected chi connectivity index (χ3v) is 3.83. The van der Waals surface area contributed by atoms with E-state index in [1.807, 2.05) is 0 Å². The van der Waals surface area contributed by atoms with E-state index in [0.717, 1.165) is 6.42 Å². The van der Waals surface area contributed by atoms with Gasteiger partial charge in [-0.25, -0.2) is 0 Å². The van der Waals surface area contributed by atoms with Gasteiger partial charge in [0.2, 0.25) is 0 Å². The van der Waals surface area contributed by atoms with E-state index in [9.17, 15) is 0 Å². The zero-order valence-corrected chi connectivity index (χ0v) is 10.0. The highest BCUT2D eigenvalue weighted by Gasteiger charge is 2.47. The zero-order chi connectivity index (χ0) is 11.4. The van der Waals surface area contributed by atoms with E-state index < -0.39 is 5.66 Å². The fourth-order valence-corrected chi connectivity index (χ4v) is 2.86. The predicted octanol–water partition coefficient (Wildman–Crippen LogP) is 1.75. The Hall–Kier alpha value is -0.860. The van der Waals surface area contributed by atoms with Gasteiger partial charge in [-0.15, -0.1) is 0 Å². The highest BCUT2D eigenvalue weighted by atomic mass is 15.0. The fourth-order valence-electron chi connectivity index (χ4n) is 2.86. The van der Waals surface area contributed by atoms with Crippen LogP contribution in [0.2, 0.25) is 0 Å². The topological polar surface area (TPSA) is 52.0 Å². The minimum Gasteiger partial charge on any atom is -0.312 e. The lowest BCUT2D eigenvalue weighted by Crippen LogP contribution is -2.60. The van der Waals surface area contributed by atoms with E-state index >= 15 is 0 Å². The summed E-state index contributed by atoms with van der Waals surface area (Å²) >= 11 is 0. The quantitative estimate of drug-likeness (QED) is 0.633. The fraction of sp³-hybridized carbons (Fsp3) is 0.538. The number of benzene rings is 1. The number of nitrogens with two attached hydrogens (primary N) is 2. The molecule has 0 bridgehead atoms. The summed E-state index contributed by atoms with van der Waals surface area (Å²) in [5, 5.41) is 0. The van der Waals surface area contributed by atoms with Crippen molar-refractivity contribution in [1.29, 1.82) is 0 Å². The van der Waals surface area contributed by atoms with Crippen LogP contribution in [-0.4, -0.2) is 5.66 Å². The summed E-state index contributed by atoms with van der Waals surface area (Å²) in [7, 11) is 0. The molecule has 0 saturated carbocycles. The van der Waals surface area contributed by atoms with E-state index in [-0.39, 0.29) is 5.41 Å². The van der Waals surface area contributed by atoms with Crippen molar-refractivity contribution >= 4 is 0 Å². The summed E-state index contributed by atoms with van der Waals surface area (Å²) in [4.78, 5) is 0. The number of fused-ring (bicyclic) bond motifs is 1. The molecule has 1 aromatic rings. The molecule has 0 amide bonds. The molecule has 0 aliphatic heterocycles. The Morgan fingerprint density at radius 2 is 1.73 bits per heavy atom. The third kappa shape index (κ3) is 1.32. The van der Waals surface area contributed by atoms with E-state index in [1.54, 1.807) is 0 Å². The Morgan fingerprint density at radius 1 is 1.13 bits per heavy atom. The Bertz CT molecular complexity index is 417. The van der Waals surface area contributed by atoms with Crippen LogP contribution in [-0.2, 0) is 11.8 Å². The molecule has 0 heterocycles. The summed E-state index contributed by atoms with van der Waals surface area (Å²) in [6.07, 6.45) is 0.776. The molecular weight excluding hydrogens is 184 g/mol. The van der Waals surface area contributed by atoms with Crippen molar-refractivity contribution in [1.82, 2.24) is 0 Å². The lowest BCUT2D eigenvalue weighted by atomic mass is 9.77. The molecule has 2 nitrogen and oxygen atoms in total. The van der Waals surface area contributed by atoms with Gasteiger partial charge in [0.25, 0.3) is 0 Å². The number of hydrogen-bond acceptors (Lipinski definition) is 2. The first-order chi connectivity index (χ1) is 6.75. The van der Waals surface area contributed by atoms with E-state index in [4.69, 9.17) is 11.5 Å². The maximum Gasteiger partial charge on any atom is 0.0772 e. The number of rotatable bonds is 0. The summed E-state index contributed by atoms with van der Waals surface area (Å²) in [6, 6.07) is 4.42. The predicted molar refractivity (Wildman–Crippen MR) is 63.8 cm³/mol. The first-order valence-corrected chi connectivity index (χ1v) is 5.44. The second kappa shape index (κ2) is 2.83. The molecular formula is C13H20N2.